The van der Waals surface area contributed by atoms with Gasteiger partial charge < -0.3 is 4.90 Å². The molecule has 0 aliphatic heterocycles. The number of unbranched alkanes of at least 4 members (excludes halogenated alkanes) is 1. The summed E-state index contributed by atoms with van der Waals surface area (Å²) in [5.74, 6) is 0. The summed E-state index contributed by atoms with van der Waals surface area (Å²) in [5.41, 5.74) is 0. The third kappa shape index (κ3) is 2.35. The Hall–Kier alpha value is -0.0400. The Balaban J connectivity index is 1.96. The van der Waals surface area contributed by atoms with Gasteiger partial charge in [0.25, 0.3) is 0 Å². The van der Waals surface area contributed by atoms with E-state index in [1.54, 1.807) is 0 Å². The second kappa shape index (κ2) is 3.21. The summed E-state index contributed by atoms with van der Waals surface area (Å²) >= 11 is 0. The molecular weight excluding hydrogens is 110 g/mol. The van der Waals surface area contributed by atoms with Gasteiger partial charge in [0.2, 0.25) is 0 Å². The van der Waals surface area contributed by atoms with E-state index in [1.807, 2.05) is 0 Å². The zero-order valence-corrected chi connectivity index (χ0v) is 6.56. The molecule has 0 aromatic heterocycles. The Bertz CT molecular complexity index is 76.6. The molecule has 1 aliphatic rings. The van der Waals surface area contributed by atoms with Crippen molar-refractivity contribution < 1.29 is 0 Å². The molecule has 1 nitrogen and oxygen atoms in total. The second-order valence-electron chi connectivity index (χ2n) is 3.07. The van der Waals surface area contributed by atoms with Crippen LogP contribution in [0, 0.1) is 0 Å². The van der Waals surface area contributed by atoms with E-state index in [1.165, 1.54) is 32.2 Å². The van der Waals surface area contributed by atoms with Crippen LogP contribution in [0.5, 0.6) is 0 Å². The first-order valence-electron chi connectivity index (χ1n) is 4.05. The summed E-state index contributed by atoms with van der Waals surface area (Å²) in [7, 11) is 2.24. The maximum atomic E-state index is 2.49. The van der Waals surface area contributed by atoms with Crippen LogP contribution in [0.3, 0.4) is 0 Å². The van der Waals surface area contributed by atoms with Crippen molar-refractivity contribution in [3.8, 4) is 0 Å². The van der Waals surface area contributed by atoms with Gasteiger partial charge in [-0.25, -0.2) is 0 Å². The van der Waals surface area contributed by atoms with Crippen LogP contribution in [0.1, 0.15) is 32.6 Å². The first-order valence-corrected chi connectivity index (χ1v) is 4.05. The van der Waals surface area contributed by atoms with E-state index in [-0.39, 0.29) is 0 Å². The van der Waals surface area contributed by atoms with Gasteiger partial charge in [0.05, 0.1) is 0 Å². The SMILES string of the molecule is CCCCN(C)C1CC1. The fourth-order valence-corrected chi connectivity index (χ4v) is 1.11. The van der Waals surface area contributed by atoms with Crippen LogP contribution in [0.15, 0.2) is 0 Å². The summed E-state index contributed by atoms with van der Waals surface area (Å²) < 4.78 is 0. The van der Waals surface area contributed by atoms with Crippen LogP contribution >= 0.6 is 0 Å². The second-order valence-corrected chi connectivity index (χ2v) is 3.07. The van der Waals surface area contributed by atoms with Gasteiger partial charge in [-0.1, -0.05) is 13.3 Å². The molecule has 0 aromatic carbocycles. The lowest BCUT2D eigenvalue weighted by Crippen LogP contribution is -2.21. The Morgan fingerprint density at radius 3 is 2.56 bits per heavy atom. The Morgan fingerprint density at radius 1 is 1.44 bits per heavy atom. The Morgan fingerprint density at radius 2 is 2.11 bits per heavy atom. The maximum Gasteiger partial charge on any atom is 0.00933 e. The van der Waals surface area contributed by atoms with Gasteiger partial charge in [0, 0.05) is 6.04 Å². The van der Waals surface area contributed by atoms with Gasteiger partial charge >= 0.3 is 0 Å². The van der Waals surface area contributed by atoms with Crippen LogP contribution < -0.4 is 0 Å². The van der Waals surface area contributed by atoms with Crippen molar-refractivity contribution in [2.24, 2.45) is 0 Å². The minimum absolute atomic E-state index is 0.955. The van der Waals surface area contributed by atoms with E-state index in [0.717, 1.165) is 6.04 Å². The van der Waals surface area contributed by atoms with Crippen molar-refractivity contribution in [2.45, 2.75) is 38.6 Å². The topological polar surface area (TPSA) is 3.24 Å². The number of rotatable bonds is 4. The minimum atomic E-state index is 0.955. The highest BCUT2D eigenvalue weighted by Crippen LogP contribution is 2.25. The predicted octanol–water partition coefficient (Wildman–Crippen LogP) is 1.88. The zero-order valence-electron chi connectivity index (χ0n) is 6.56. The van der Waals surface area contributed by atoms with Crippen molar-refractivity contribution in [1.29, 1.82) is 0 Å². The van der Waals surface area contributed by atoms with Gasteiger partial charge in [-0.2, -0.15) is 0 Å². The van der Waals surface area contributed by atoms with Gasteiger partial charge in [-0.05, 0) is 32.9 Å². The molecule has 54 valence electrons. The fraction of sp³-hybridized carbons (Fsp3) is 1.00. The van der Waals surface area contributed by atoms with Crippen molar-refractivity contribution in [1.82, 2.24) is 4.90 Å². The van der Waals surface area contributed by atoms with Gasteiger partial charge in [0.15, 0.2) is 0 Å². The van der Waals surface area contributed by atoms with Crippen molar-refractivity contribution >= 4 is 0 Å². The summed E-state index contributed by atoms with van der Waals surface area (Å²) in [5, 5.41) is 0. The molecule has 0 heterocycles. The highest BCUT2D eigenvalue weighted by Gasteiger charge is 2.24. The van der Waals surface area contributed by atoms with E-state index in [4.69, 9.17) is 0 Å². The molecule has 1 heteroatoms. The summed E-state index contributed by atoms with van der Waals surface area (Å²) in [6, 6.07) is 0.955. The number of hydrogen-bond acceptors (Lipinski definition) is 1. The highest BCUT2D eigenvalue weighted by molar-refractivity contribution is 4.81. The molecule has 0 spiro atoms. The van der Waals surface area contributed by atoms with Crippen molar-refractivity contribution in [2.75, 3.05) is 13.6 Å². The van der Waals surface area contributed by atoms with Crippen LogP contribution in [-0.4, -0.2) is 24.5 Å². The quantitative estimate of drug-likeness (QED) is 0.557. The summed E-state index contributed by atoms with van der Waals surface area (Å²) in [6.07, 6.45) is 5.59. The first-order chi connectivity index (χ1) is 4.34. The molecule has 0 unspecified atom stereocenters. The molecule has 9 heavy (non-hydrogen) atoms. The smallest absolute Gasteiger partial charge is 0.00933 e. The molecule has 0 aromatic rings. The molecule has 1 fully saturated rings. The molecule has 0 atom stereocenters. The van der Waals surface area contributed by atoms with Gasteiger partial charge in [-0.3, -0.25) is 0 Å². The average molecular weight is 127 g/mol. The lowest BCUT2D eigenvalue weighted by Gasteiger charge is -2.13. The molecule has 1 rings (SSSR count). The predicted molar refractivity (Wildman–Crippen MR) is 40.6 cm³/mol. The molecular formula is C8H17N. The average Bonchev–Trinajstić information content (AvgIpc) is 2.63. The van der Waals surface area contributed by atoms with Crippen molar-refractivity contribution in [3.63, 3.8) is 0 Å². The van der Waals surface area contributed by atoms with Crippen LogP contribution in [0.4, 0.5) is 0 Å². The van der Waals surface area contributed by atoms with E-state index in [2.05, 4.69) is 18.9 Å². The molecule has 0 radical (unpaired) electrons. The Labute approximate surface area is 58.0 Å². The molecule has 0 bridgehead atoms. The molecule has 0 N–H and O–H groups in total. The van der Waals surface area contributed by atoms with E-state index >= 15 is 0 Å². The van der Waals surface area contributed by atoms with E-state index in [9.17, 15) is 0 Å². The summed E-state index contributed by atoms with van der Waals surface area (Å²) in [4.78, 5) is 2.49. The zero-order chi connectivity index (χ0) is 6.69. The van der Waals surface area contributed by atoms with E-state index < -0.39 is 0 Å². The molecule has 1 aliphatic carbocycles. The standard InChI is InChI=1S/C8H17N/c1-3-4-7-9(2)8-5-6-8/h8H,3-7H2,1-2H3. The maximum absolute atomic E-state index is 2.49. The van der Waals surface area contributed by atoms with Crippen LogP contribution in [0.2, 0.25) is 0 Å². The normalized spacial score (nSPS) is 19.0. The largest absolute Gasteiger partial charge is 0.303 e. The molecule has 0 saturated heterocycles. The fourth-order valence-electron chi connectivity index (χ4n) is 1.11. The van der Waals surface area contributed by atoms with Crippen LogP contribution in [0.25, 0.3) is 0 Å². The number of nitrogens with zero attached hydrogens (tertiary/aromatic N) is 1. The Kier molecular flexibility index (Phi) is 2.52. The van der Waals surface area contributed by atoms with Gasteiger partial charge in [-0.15, -0.1) is 0 Å². The lowest BCUT2D eigenvalue weighted by atomic mass is 10.3. The van der Waals surface area contributed by atoms with Crippen molar-refractivity contribution in [3.05, 3.63) is 0 Å². The third-order valence-corrected chi connectivity index (χ3v) is 2.03. The van der Waals surface area contributed by atoms with E-state index in [0.29, 0.717) is 0 Å². The highest BCUT2D eigenvalue weighted by atomic mass is 15.1. The first kappa shape index (κ1) is 7.07. The van der Waals surface area contributed by atoms with Gasteiger partial charge in [0.1, 0.15) is 0 Å². The van der Waals surface area contributed by atoms with Crippen LogP contribution in [-0.2, 0) is 0 Å². The monoisotopic (exact) mass is 127 g/mol. The molecule has 0 amide bonds. The number of hydrogen-bond donors (Lipinski definition) is 0. The minimum Gasteiger partial charge on any atom is -0.303 e. The summed E-state index contributed by atoms with van der Waals surface area (Å²) in [6.45, 7) is 3.56. The molecule has 1 saturated carbocycles. The third-order valence-electron chi connectivity index (χ3n) is 2.03. The lowest BCUT2D eigenvalue weighted by molar-refractivity contribution is 0.318.